The molecule has 0 atom stereocenters. The van der Waals surface area contributed by atoms with Crippen molar-refractivity contribution < 1.29 is 4.79 Å². The van der Waals surface area contributed by atoms with E-state index in [4.69, 9.17) is 0 Å². The molecule has 3 aromatic heterocycles. The molecule has 1 N–H and O–H groups in total. The second kappa shape index (κ2) is 7.05. The van der Waals surface area contributed by atoms with E-state index in [1.165, 1.54) is 23.1 Å². The fourth-order valence-electron chi connectivity index (χ4n) is 2.65. The number of nitrogens with zero attached hydrogens (tertiary/aromatic N) is 4. The van der Waals surface area contributed by atoms with Crippen molar-refractivity contribution in [2.45, 2.75) is 25.4 Å². The molecule has 0 saturated heterocycles. The summed E-state index contributed by atoms with van der Waals surface area (Å²) in [5, 5.41) is 14.0. The highest BCUT2D eigenvalue weighted by Gasteiger charge is 2.11. The molecule has 6 nitrogen and oxygen atoms in total. The van der Waals surface area contributed by atoms with Gasteiger partial charge in [0, 0.05) is 17.1 Å². The van der Waals surface area contributed by atoms with E-state index in [2.05, 4.69) is 32.6 Å². The summed E-state index contributed by atoms with van der Waals surface area (Å²) in [4.78, 5) is 17.6. The molecule has 26 heavy (non-hydrogen) atoms. The topological polar surface area (TPSA) is 72.2 Å². The van der Waals surface area contributed by atoms with Crippen LogP contribution in [0.5, 0.6) is 0 Å². The molecule has 0 spiro atoms. The first kappa shape index (κ1) is 17.0. The summed E-state index contributed by atoms with van der Waals surface area (Å²) in [5.41, 5.74) is 2.83. The zero-order chi connectivity index (χ0) is 18.1. The average molecular weight is 384 g/mol. The van der Waals surface area contributed by atoms with Gasteiger partial charge in [0.15, 0.2) is 15.9 Å². The monoisotopic (exact) mass is 383 g/mol. The summed E-state index contributed by atoms with van der Waals surface area (Å²) in [6.45, 7) is 3.94. The van der Waals surface area contributed by atoms with Crippen molar-refractivity contribution in [1.82, 2.24) is 19.6 Å². The molecule has 1 aromatic carbocycles. The number of benzene rings is 1. The van der Waals surface area contributed by atoms with Gasteiger partial charge in [0.2, 0.25) is 5.91 Å². The maximum atomic E-state index is 12.1. The predicted molar refractivity (Wildman–Crippen MR) is 106 cm³/mol. The first-order valence-electron chi connectivity index (χ1n) is 8.21. The van der Waals surface area contributed by atoms with Crippen LogP contribution in [-0.4, -0.2) is 31.2 Å². The first-order chi connectivity index (χ1) is 12.6. The molecule has 3 heterocycles. The third-order valence-electron chi connectivity index (χ3n) is 4.08. The number of aromatic nitrogens is 4. The molecule has 4 rings (SSSR count). The van der Waals surface area contributed by atoms with Crippen LogP contribution in [0.2, 0.25) is 0 Å². The summed E-state index contributed by atoms with van der Waals surface area (Å²) in [7, 11) is 0. The zero-order valence-electron chi connectivity index (χ0n) is 14.4. The molecule has 0 saturated carbocycles. The lowest BCUT2D eigenvalue weighted by molar-refractivity contribution is -0.115. The number of rotatable bonds is 5. The van der Waals surface area contributed by atoms with Gasteiger partial charge in [0.25, 0.3) is 0 Å². The van der Waals surface area contributed by atoms with Crippen LogP contribution in [0.4, 0.5) is 5.13 Å². The Kier molecular flexibility index (Phi) is 4.60. The number of pyridine rings is 1. The molecule has 0 aliphatic heterocycles. The lowest BCUT2D eigenvalue weighted by Gasteiger charge is -2.04. The van der Waals surface area contributed by atoms with Gasteiger partial charge in [-0.05, 0) is 37.4 Å². The quantitative estimate of drug-likeness (QED) is 0.526. The van der Waals surface area contributed by atoms with E-state index in [0.29, 0.717) is 17.3 Å². The van der Waals surface area contributed by atoms with E-state index in [0.717, 1.165) is 32.3 Å². The fourth-order valence-corrected chi connectivity index (χ4v) is 4.37. The average Bonchev–Trinajstić information content (AvgIpc) is 3.18. The highest BCUT2D eigenvalue weighted by atomic mass is 32.2. The van der Waals surface area contributed by atoms with Gasteiger partial charge in [-0.15, -0.1) is 21.5 Å². The smallest absolute Gasteiger partial charge is 0.226 e. The molecule has 0 bridgehead atoms. The number of aryl methyl sites for hydroxylation is 2. The van der Waals surface area contributed by atoms with Crippen LogP contribution in [-0.2, 0) is 4.79 Å². The summed E-state index contributed by atoms with van der Waals surface area (Å²) < 4.78 is 2.03. The van der Waals surface area contributed by atoms with E-state index in [1.807, 2.05) is 42.5 Å². The summed E-state index contributed by atoms with van der Waals surface area (Å²) in [6.07, 6.45) is 0.391. The van der Waals surface area contributed by atoms with E-state index in [-0.39, 0.29) is 5.91 Å². The van der Waals surface area contributed by atoms with Crippen LogP contribution in [0.3, 0.4) is 0 Å². The number of carbonyl (C=O) groups excluding carboxylic acids is 1. The molecule has 0 aliphatic rings. The Morgan fingerprint density at radius 3 is 2.85 bits per heavy atom. The van der Waals surface area contributed by atoms with Crippen molar-refractivity contribution >= 4 is 50.7 Å². The van der Waals surface area contributed by atoms with Crippen molar-refractivity contribution in [2.75, 3.05) is 11.1 Å². The molecule has 0 radical (unpaired) electrons. The summed E-state index contributed by atoms with van der Waals surface area (Å²) in [5.74, 6) is 0.587. The minimum atomic E-state index is -0.0371. The van der Waals surface area contributed by atoms with Crippen molar-refractivity contribution in [3.05, 3.63) is 47.0 Å². The molecule has 0 unspecified atom stereocenters. The number of para-hydroxylation sites is 1. The highest BCUT2D eigenvalue weighted by molar-refractivity contribution is 7.99. The number of carbonyl (C=O) groups is 1. The predicted octanol–water partition coefficient (Wildman–Crippen LogP) is 4.08. The van der Waals surface area contributed by atoms with E-state index < -0.39 is 0 Å². The third kappa shape index (κ3) is 3.30. The van der Waals surface area contributed by atoms with Gasteiger partial charge in [0.05, 0.1) is 11.2 Å². The van der Waals surface area contributed by atoms with Crippen LogP contribution >= 0.6 is 23.1 Å². The number of nitrogens with one attached hydrogen (secondary N) is 1. The SMILES string of the molecule is Cc1nc(NC(=O)CCSc2nnc3ccc4ccccc4n23)sc1C. The fraction of sp³-hybridized carbons (Fsp3) is 0.222. The maximum Gasteiger partial charge on any atom is 0.226 e. The first-order valence-corrected chi connectivity index (χ1v) is 10.0. The molecule has 0 fully saturated rings. The standard InChI is InChI=1S/C18H17N5OS2/c1-11-12(2)26-17(19-11)20-16(24)9-10-25-18-22-21-15-8-7-13-5-3-4-6-14(13)23(15)18/h3-8H,9-10H2,1-2H3,(H,19,20,24). The number of thiazole rings is 1. The van der Waals surface area contributed by atoms with Gasteiger partial charge < -0.3 is 5.32 Å². The van der Waals surface area contributed by atoms with Gasteiger partial charge >= 0.3 is 0 Å². The molecule has 132 valence electrons. The number of hydrogen-bond acceptors (Lipinski definition) is 6. The van der Waals surface area contributed by atoms with Gasteiger partial charge in [-0.2, -0.15) is 0 Å². The Hall–Kier alpha value is -2.45. The summed E-state index contributed by atoms with van der Waals surface area (Å²) >= 11 is 3.03. The Bertz CT molecular complexity index is 1080. The molecular formula is C18H17N5OS2. The lowest BCUT2D eigenvalue weighted by atomic mass is 10.2. The van der Waals surface area contributed by atoms with Crippen LogP contribution in [0.15, 0.2) is 41.6 Å². The van der Waals surface area contributed by atoms with Crippen molar-refractivity contribution in [3.8, 4) is 0 Å². The third-order valence-corrected chi connectivity index (χ3v) is 6.00. The van der Waals surface area contributed by atoms with Crippen LogP contribution in [0.1, 0.15) is 17.0 Å². The minimum absolute atomic E-state index is 0.0371. The molecule has 8 heteroatoms. The number of fused-ring (bicyclic) bond motifs is 3. The number of anilines is 1. The Morgan fingerprint density at radius 1 is 1.19 bits per heavy atom. The van der Waals surface area contributed by atoms with Crippen LogP contribution in [0, 0.1) is 13.8 Å². The minimum Gasteiger partial charge on any atom is -0.302 e. The summed E-state index contributed by atoms with van der Waals surface area (Å²) in [6, 6.07) is 12.1. The van der Waals surface area contributed by atoms with E-state index in [1.54, 1.807) is 0 Å². The second-order valence-electron chi connectivity index (χ2n) is 5.88. The molecule has 1 amide bonds. The normalized spacial score (nSPS) is 11.3. The molecular weight excluding hydrogens is 366 g/mol. The van der Waals surface area contributed by atoms with Gasteiger partial charge in [-0.3, -0.25) is 9.20 Å². The van der Waals surface area contributed by atoms with Crippen molar-refractivity contribution in [1.29, 1.82) is 0 Å². The van der Waals surface area contributed by atoms with Crippen LogP contribution in [0.25, 0.3) is 16.6 Å². The second-order valence-corrected chi connectivity index (χ2v) is 8.14. The maximum absolute atomic E-state index is 12.1. The van der Waals surface area contributed by atoms with Crippen molar-refractivity contribution in [3.63, 3.8) is 0 Å². The van der Waals surface area contributed by atoms with Gasteiger partial charge in [-0.1, -0.05) is 30.0 Å². The van der Waals surface area contributed by atoms with Gasteiger partial charge in [-0.25, -0.2) is 4.98 Å². The number of amides is 1. The van der Waals surface area contributed by atoms with Gasteiger partial charge in [0.1, 0.15) is 0 Å². The molecule has 0 aliphatic carbocycles. The van der Waals surface area contributed by atoms with E-state index in [9.17, 15) is 4.79 Å². The van der Waals surface area contributed by atoms with Crippen LogP contribution < -0.4 is 5.32 Å². The van der Waals surface area contributed by atoms with Crippen molar-refractivity contribution in [2.24, 2.45) is 0 Å². The Balaban J connectivity index is 1.45. The molecule has 4 aromatic rings. The highest BCUT2D eigenvalue weighted by Crippen LogP contribution is 2.24. The van der Waals surface area contributed by atoms with E-state index >= 15 is 0 Å². The Labute approximate surface area is 158 Å². The lowest BCUT2D eigenvalue weighted by Crippen LogP contribution is -2.12. The number of hydrogen-bond donors (Lipinski definition) is 1. The zero-order valence-corrected chi connectivity index (χ0v) is 16.0. The number of thioether (sulfide) groups is 1. The largest absolute Gasteiger partial charge is 0.302 e. The Morgan fingerprint density at radius 2 is 2.04 bits per heavy atom.